The van der Waals surface area contributed by atoms with Crippen molar-refractivity contribution in [3.05, 3.63) is 40.6 Å². The van der Waals surface area contributed by atoms with Gasteiger partial charge in [-0.05, 0) is 67.3 Å². The van der Waals surface area contributed by atoms with Gasteiger partial charge in [-0.15, -0.1) is 0 Å². The van der Waals surface area contributed by atoms with Crippen molar-refractivity contribution in [2.75, 3.05) is 29.0 Å². The van der Waals surface area contributed by atoms with Crippen molar-refractivity contribution in [1.82, 2.24) is 15.3 Å². The second-order valence-corrected chi connectivity index (χ2v) is 18.0. The number of alkyl carbamates (subject to hydrolysis) is 1. The molecule has 0 bridgehead atoms. The monoisotopic (exact) mass is 638 g/mol. The molecule has 1 fully saturated rings. The first kappa shape index (κ1) is 31.8. The summed E-state index contributed by atoms with van der Waals surface area (Å²) in [6.07, 6.45) is 2.96. The zero-order valence-corrected chi connectivity index (χ0v) is 27.0. The number of hydrogen-bond acceptors (Lipinski definition) is 8. The third kappa shape index (κ3) is 7.91. The Morgan fingerprint density at radius 1 is 1.23 bits per heavy atom. The largest absolute Gasteiger partial charge is 0.444 e. The predicted molar refractivity (Wildman–Crippen MR) is 161 cm³/mol. The van der Waals surface area contributed by atoms with E-state index in [2.05, 4.69) is 75.3 Å². The number of nitrogens with two attached hydrogens (primary N) is 1. The summed E-state index contributed by atoms with van der Waals surface area (Å²) in [5, 5.41) is 5.80. The maximum absolute atomic E-state index is 13.8. The van der Waals surface area contributed by atoms with E-state index in [-0.39, 0.29) is 33.2 Å². The van der Waals surface area contributed by atoms with E-state index in [4.69, 9.17) is 14.9 Å². The number of ether oxygens (including phenoxy) is 1. The van der Waals surface area contributed by atoms with Crippen LogP contribution in [0.2, 0.25) is 18.1 Å². The lowest BCUT2D eigenvalue weighted by molar-refractivity contribution is 0.0415. The molecule has 4 N–H and O–H groups in total. The van der Waals surface area contributed by atoms with Crippen LogP contribution in [0.1, 0.15) is 58.5 Å². The highest BCUT2D eigenvalue weighted by atomic mass is 79.9. The first-order chi connectivity index (χ1) is 18.4. The molecule has 2 amide bonds. The molecule has 220 valence electrons. The molecular formula is C27H40BrFN6O4Si. The molecule has 3 rings (SSSR count). The number of rotatable bonds is 6. The van der Waals surface area contributed by atoms with Gasteiger partial charge in [0.25, 0.3) is 5.91 Å². The highest BCUT2D eigenvalue weighted by Crippen LogP contribution is 2.39. The number of piperidine rings is 1. The minimum Gasteiger partial charge on any atom is -0.444 e. The van der Waals surface area contributed by atoms with Gasteiger partial charge >= 0.3 is 6.09 Å². The van der Waals surface area contributed by atoms with E-state index in [1.807, 2.05) is 20.8 Å². The molecular weight excluding hydrogens is 599 g/mol. The predicted octanol–water partition coefficient (Wildman–Crippen LogP) is 5.71. The molecule has 1 aliphatic rings. The van der Waals surface area contributed by atoms with Gasteiger partial charge in [0.05, 0.1) is 35.4 Å². The second kappa shape index (κ2) is 12.0. The van der Waals surface area contributed by atoms with Crippen molar-refractivity contribution < 1.29 is 23.1 Å². The standard InChI is InChI=1S/C27H40BrFN6O4Si/c1-26(2,3)38-25(37)33-18-10-12-35(15-21(18)39-40(7,8)27(4,5)6)20-9-11-31-14-19(20)32-24(36)22-17(30)13-16(29)23(28)34-22/h9,11,13-14,18,21H,10,12,15,30H2,1-8H3,(H,32,36)(H,33,37)/t18-,21-/m1/s1. The van der Waals surface area contributed by atoms with E-state index in [0.717, 1.165) is 11.8 Å². The average Bonchev–Trinajstić information content (AvgIpc) is 2.80. The van der Waals surface area contributed by atoms with Crippen LogP contribution in [-0.4, -0.2) is 61.1 Å². The van der Waals surface area contributed by atoms with Gasteiger partial charge in [-0.2, -0.15) is 0 Å². The van der Waals surface area contributed by atoms with Crippen molar-refractivity contribution in [1.29, 1.82) is 0 Å². The maximum atomic E-state index is 13.8. The van der Waals surface area contributed by atoms with Crippen LogP contribution in [0.15, 0.2) is 29.1 Å². The van der Waals surface area contributed by atoms with Crippen molar-refractivity contribution in [3.8, 4) is 0 Å². The van der Waals surface area contributed by atoms with Gasteiger partial charge in [0, 0.05) is 25.4 Å². The number of nitrogens with one attached hydrogen (secondary N) is 2. The Labute approximate surface area is 244 Å². The molecule has 13 heteroatoms. The Bertz CT molecular complexity index is 1250. The number of nitrogens with zero attached hydrogens (tertiary/aromatic N) is 3. The fraction of sp³-hybridized carbons (Fsp3) is 0.556. The molecule has 1 saturated heterocycles. The minimum absolute atomic E-state index is 0.0437. The Hall–Kier alpha value is -2.77. The van der Waals surface area contributed by atoms with E-state index in [0.29, 0.717) is 25.2 Å². The van der Waals surface area contributed by atoms with Gasteiger partial charge in [-0.25, -0.2) is 14.2 Å². The van der Waals surface area contributed by atoms with Crippen molar-refractivity contribution in [2.24, 2.45) is 0 Å². The number of nitrogen functional groups attached to an aromatic ring is 1. The lowest BCUT2D eigenvalue weighted by Gasteiger charge is -2.46. The summed E-state index contributed by atoms with van der Waals surface area (Å²) >= 11 is 3.00. The van der Waals surface area contributed by atoms with Crippen LogP contribution in [-0.2, 0) is 9.16 Å². The van der Waals surface area contributed by atoms with Gasteiger partial charge in [0.2, 0.25) is 0 Å². The quantitative estimate of drug-likeness (QED) is 0.271. The molecule has 0 spiro atoms. The maximum Gasteiger partial charge on any atom is 0.407 e. The number of halogens is 2. The molecule has 1 aliphatic heterocycles. The van der Waals surface area contributed by atoms with E-state index >= 15 is 0 Å². The van der Waals surface area contributed by atoms with E-state index in [1.165, 1.54) is 6.20 Å². The molecule has 2 aromatic rings. The summed E-state index contributed by atoms with van der Waals surface area (Å²) in [7, 11) is -2.22. The SMILES string of the molecule is CC(C)(C)OC(=O)N[C@@H]1CCN(c2ccncc2NC(=O)c2nc(Br)c(F)cc2N)C[C@H]1O[Si](C)(C)C(C)(C)C. The van der Waals surface area contributed by atoms with Crippen LogP contribution in [0.3, 0.4) is 0 Å². The van der Waals surface area contributed by atoms with Crippen molar-refractivity contribution in [2.45, 2.75) is 83.8 Å². The van der Waals surface area contributed by atoms with Crippen LogP contribution < -0.4 is 21.3 Å². The number of anilines is 3. The fourth-order valence-corrected chi connectivity index (χ4v) is 5.68. The van der Waals surface area contributed by atoms with Gasteiger partial charge in [-0.1, -0.05) is 20.8 Å². The van der Waals surface area contributed by atoms with Crippen molar-refractivity contribution >= 4 is 53.3 Å². The summed E-state index contributed by atoms with van der Waals surface area (Å²) < 4.78 is 26.0. The van der Waals surface area contributed by atoms with Crippen LogP contribution in [0.25, 0.3) is 0 Å². The molecule has 0 aliphatic carbocycles. The Morgan fingerprint density at radius 2 is 1.90 bits per heavy atom. The summed E-state index contributed by atoms with van der Waals surface area (Å²) in [6.45, 7) is 17.4. The number of carbonyl (C=O) groups excluding carboxylic acids is 2. The Balaban J connectivity index is 1.87. The molecule has 0 unspecified atom stereocenters. The molecule has 0 aromatic carbocycles. The van der Waals surface area contributed by atoms with Gasteiger partial charge < -0.3 is 30.4 Å². The lowest BCUT2D eigenvalue weighted by Crippen LogP contribution is -2.59. The summed E-state index contributed by atoms with van der Waals surface area (Å²) in [5.41, 5.74) is 6.22. The Morgan fingerprint density at radius 3 is 2.52 bits per heavy atom. The lowest BCUT2D eigenvalue weighted by atomic mass is 10.0. The van der Waals surface area contributed by atoms with Gasteiger partial charge in [0.1, 0.15) is 10.2 Å². The van der Waals surface area contributed by atoms with Crippen LogP contribution in [0.4, 0.5) is 26.2 Å². The molecule has 2 aromatic heterocycles. The first-order valence-electron chi connectivity index (χ1n) is 13.2. The minimum atomic E-state index is -2.22. The summed E-state index contributed by atoms with van der Waals surface area (Å²) in [5.74, 6) is -1.25. The zero-order valence-electron chi connectivity index (χ0n) is 24.4. The molecule has 40 heavy (non-hydrogen) atoms. The van der Waals surface area contributed by atoms with Gasteiger partial charge in [-0.3, -0.25) is 9.78 Å². The molecule has 0 radical (unpaired) electrons. The third-order valence-electron chi connectivity index (χ3n) is 7.08. The third-order valence-corrected chi connectivity index (χ3v) is 12.1. The molecule has 3 heterocycles. The van der Waals surface area contributed by atoms with Crippen LogP contribution >= 0.6 is 15.9 Å². The molecule has 2 atom stereocenters. The number of carbonyl (C=O) groups is 2. The topological polar surface area (TPSA) is 132 Å². The average molecular weight is 640 g/mol. The van der Waals surface area contributed by atoms with Crippen molar-refractivity contribution in [3.63, 3.8) is 0 Å². The Kier molecular flexibility index (Phi) is 9.52. The number of hydrogen-bond donors (Lipinski definition) is 3. The van der Waals surface area contributed by atoms with E-state index in [9.17, 15) is 14.0 Å². The van der Waals surface area contributed by atoms with Gasteiger partial charge in [0.15, 0.2) is 19.8 Å². The normalized spacial score (nSPS) is 18.3. The number of amides is 2. The fourth-order valence-electron chi connectivity index (χ4n) is 4.04. The van der Waals surface area contributed by atoms with Crippen LogP contribution in [0.5, 0.6) is 0 Å². The number of pyridine rings is 2. The summed E-state index contributed by atoms with van der Waals surface area (Å²) in [4.78, 5) is 36.0. The highest BCUT2D eigenvalue weighted by Gasteiger charge is 2.43. The zero-order chi connectivity index (χ0) is 30.0. The summed E-state index contributed by atoms with van der Waals surface area (Å²) in [6, 6.07) is 2.58. The first-order valence-corrected chi connectivity index (χ1v) is 16.9. The van der Waals surface area contributed by atoms with E-state index in [1.54, 1.807) is 12.3 Å². The molecule has 10 nitrogen and oxygen atoms in total. The smallest absolute Gasteiger partial charge is 0.407 e. The highest BCUT2D eigenvalue weighted by molar-refractivity contribution is 9.10. The number of aromatic nitrogens is 2. The second-order valence-electron chi connectivity index (χ2n) is 12.4. The van der Waals surface area contributed by atoms with E-state index < -0.39 is 31.7 Å². The van der Waals surface area contributed by atoms with Crippen LogP contribution in [0, 0.1) is 5.82 Å². The molecule has 0 saturated carbocycles.